The van der Waals surface area contributed by atoms with Crippen LogP contribution in [0.25, 0.3) is 0 Å². The van der Waals surface area contributed by atoms with Gasteiger partial charge in [0.25, 0.3) is 0 Å². The zero-order valence-electron chi connectivity index (χ0n) is 20.9. The third-order valence-electron chi connectivity index (χ3n) is 7.50. The fourth-order valence-electron chi connectivity index (χ4n) is 4.99. The maximum Gasteiger partial charge on any atom is 0.122 e. The van der Waals surface area contributed by atoms with Crippen molar-refractivity contribution in [3.05, 3.63) is 64.2 Å². The normalized spacial score (nSPS) is 17.1. The molecule has 3 N–H and O–H groups in total. The Hall–Kier alpha value is -1.88. The van der Waals surface area contributed by atoms with Gasteiger partial charge in [-0.25, -0.2) is 0 Å². The van der Waals surface area contributed by atoms with E-state index in [-0.39, 0.29) is 24.0 Å². The first-order valence-corrected chi connectivity index (χ1v) is 12.4. The third kappa shape index (κ3) is 6.38. The van der Waals surface area contributed by atoms with Crippen LogP contribution >= 0.6 is 0 Å². The van der Waals surface area contributed by atoms with E-state index in [2.05, 4.69) is 31.2 Å². The quantitative estimate of drug-likeness (QED) is 0.461. The van der Waals surface area contributed by atoms with Crippen LogP contribution in [0.1, 0.15) is 87.1 Å². The predicted molar refractivity (Wildman–Crippen MR) is 134 cm³/mol. The van der Waals surface area contributed by atoms with Crippen molar-refractivity contribution in [3.63, 3.8) is 0 Å². The molecule has 0 saturated heterocycles. The molecule has 1 fully saturated rings. The van der Waals surface area contributed by atoms with E-state index in [0.717, 1.165) is 35.3 Å². The highest BCUT2D eigenvalue weighted by atomic mass is 16.5. The second-order valence-electron chi connectivity index (χ2n) is 10.9. The van der Waals surface area contributed by atoms with E-state index < -0.39 is 6.10 Å². The second-order valence-corrected chi connectivity index (χ2v) is 10.9. The van der Waals surface area contributed by atoms with E-state index in [1.165, 1.54) is 43.2 Å². The van der Waals surface area contributed by atoms with E-state index in [1.807, 2.05) is 32.9 Å². The first-order valence-electron chi connectivity index (χ1n) is 12.4. The average molecular weight is 455 g/mol. The van der Waals surface area contributed by atoms with Gasteiger partial charge in [-0.2, -0.15) is 0 Å². The Morgan fingerprint density at radius 2 is 1.64 bits per heavy atom. The molecule has 33 heavy (non-hydrogen) atoms. The highest BCUT2D eigenvalue weighted by molar-refractivity contribution is 5.40. The van der Waals surface area contributed by atoms with Gasteiger partial charge in [-0.05, 0) is 77.3 Å². The second kappa shape index (κ2) is 11.0. The Kier molecular flexibility index (Phi) is 8.60. The Balaban J connectivity index is 1.77. The molecule has 1 aliphatic rings. The number of aliphatic hydroxyl groups excluding tert-OH is 3. The highest BCUT2D eigenvalue weighted by Crippen LogP contribution is 2.44. The molecule has 0 aromatic heterocycles. The molecule has 182 valence electrons. The van der Waals surface area contributed by atoms with Crippen LogP contribution in [-0.4, -0.2) is 28.0 Å². The molecule has 0 heterocycles. The lowest BCUT2D eigenvalue weighted by Crippen LogP contribution is -2.32. The maximum atomic E-state index is 10.3. The zero-order chi connectivity index (χ0) is 24.1. The summed E-state index contributed by atoms with van der Waals surface area (Å²) in [7, 11) is 0. The number of aryl methyl sites for hydroxylation is 2. The van der Waals surface area contributed by atoms with Crippen molar-refractivity contribution in [1.29, 1.82) is 0 Å². The van der Waals surface area contributed by atoms with Crippen LogP contribution in [-0.2, 0) is 25.0 Å². The van der Waals surface area contributed by atoms with Crippen LogP contribution in [0.15, 0.2) is 36.4 Å². The smallest absolute Gasteiger partial charge is 0.122 e. The summed E-state index contributed by atoms with van der Waals surface area (Å²) in [6.07, 6.45) is 7.69. The van der Waals surface area contributed by atoms with Crippen molar-refractivity contribution in [3.8, 4) is 5.75 Å². The summed E-state index contributed by atoms with van der Waals surface area (Å²) in [4.78, 5) is 0. The molecule has 3 rings (SSSR count). The molecule has 4 nitrogen and oxygen atoms in total. The van der Waals surface area contributed by atoms with Crippen molar-refractivity contribution in [2.75, 3.05) is 6.61 Å². The van der Waals surface area contributed by atoms with Gasteiger partial charge >= 0.3 is 0 Å². The summed E-state index contributed by atoms with van der Waals surface area (Å²) in [6.45, 7) is 8.37. The van der Waals surface area contributed by atoms with Gasteiger partial charge in [-0.1, -0.05) is 70.4 Å². The molecule has 1 saturated carbocycles. The average Bonchev–Trinajstić information content (AvgIpc) is 2.81. The molecule has 0 spiro atoms. The predicted octanol–water partition coefficient (Wildman–Crippen LogP) is 5.60. The first kappa shape index (κ1) is 25.7. The minimum absolute atomic E-state index is 0.0411. The molecular formula is C29H42O4. The van der Waals surface area contributed by atoms with Gasteiger partial charge in [0.2, 0.25) is 0 Å². The van der Waals surface area contributed by atoms with Gasteiger partial charge in [0.1, 0.15) is 12.4 Å². The highest BCUT2D eigenvalue weighted by Gasteiger charge is 2.34. The van der Waals surface area contributed by atoms with Crippen LogP contribution in [0.5, 0.6) is 5.75 Å². The number of ether oxygens (including phenoxy) is 1. The molecule has 0 aliphatic heterocycles. The van der Waals surface area contributed by atoms with Crippen molar-refractivity contribution in [2.24, 2.45) is 5.41 Å². The topological polar surface area (TPSA) is 69.9 Å². The van der Waals surface area contributed by atoms with Crippen LogP contribution in [0.4, 0.5) is 0 Å². The molecule has 2 aromatic rings. The van der Waals surface area contributed by atoms with E-state index in [9.17, 15) is 15.3 Å². The van der Waals surface area contributed by atoms with Crippen molar-refractivity contribution in [1.82, 2.24) is 0 Å². The van der Waals surface area contributed by atoms with Gasteiger partial charge in [-0.15, -0.1) is 0 Å². The molecular weight excluding hydrogens is 412 g/mol. The summed E-state index contributed by atoms with van der Waals surface area (Å²) < 4.78 is 5.98. The van der Waals surface area contributed by atoms with Crippen molar-refractivity contribution >= 4 is 0 Å². The van der Waals surface area contributed by atoms with Gasteiger partial charge < -0.3 is 20.1 Å². The number of aliphatic hydroxyl groups is 3. The molecule has 1 aliphatic carbocycles. The minimum atomic E-state index is -0.512. The number of hydrogen-bond donors (Lipinski definition) is 3. The van der Waals surface area contributed by atoms with Gasteiger partial charge in [0.05, 0.1) is 19.3 Å². The SMILES string of the molecule is Cc1cc(C2(CCc3ccc(CO)c(CO)c3)CCCCC2)ccc1OCC(O)C(C)(C)C. The van der Waals surface area contributed by atoms with Gasteiger partial charge in [-0.3, -0.25) is 0 Å². The van der Waals surface area contributed by atoms with E-state index in [4.69, 9.17) is 4.74 Å². The van der Waals surface area contributed by atoms with E-state index in [0.29, 0.717) is 6.61 Å². The molecule has 1 unspecified atom stereocenters. The van der Waals surface area contributed by atoms with Crippen LogP contribution in [0, 0.1) is 12.3 Å². The van der Waals surface area contributed by atoms with E-state index >= 15 is 0 Å². The monoisotopic (exact) mass is 454 g/mol. The Morgan fingerprint density at radius 1 is 0.939 bits per heavy atom. The fraction of sp³-hybridized carbons (Fsp3) is 0.586. The van der Waals surface area contributed by atoms with E-state index in [1.54, 1.807) is 0 Å². The molecule has 0 bridgehead atoms. The molecule has 0 radical (unpaired) electrons. The lowest BCUT2D eigenvalue weighted by Gasteiger charge is -2.38. The van der Waals surface area contributed by atoms with Gasteiger partial charge in [0.15, 0.2) is 0 Å². The summed E-state index contributed by atoms with van der Waals surface area (Å²) >= 11 is 0. The third-order valence-corrected chi connectivity index (χ3v) is 7.50. The maximum absolute atomic E-state index is 10.3. The largest absolute Gasteiger partial charge is 0.491 e. The van der Waals surface area contributed by atoms with Crippen LogP contribution in [0.3, 0.4) is 0 Å². The number of hydrogen-bond acceptors (Lipinski definition) is 4. The Morgan fingerprint density at radius 3 is 2.24 bits per heavy atom. The Labute approximate surface area is 199 Å². The number of benzene rings is 2. The fourth-order valence-corrected chi connectivity index (χ4v) is 4.99. The van der Waals surface area contributed by atoms with Gasteiger partial charge in [0, 0.05) is 0 Å². The lowest BCUT2D eigenvalue weighted by molar-refractivity contribution is 0.0216. The van der Waals surface area contributed by atoms with Crippen LogP contribution < -0.4 is 4.74 Å². The Bertz CT molecular complexity index is 906. The molecule has 1 atom stereocenters. The van der Waals surface area contributed by atoms with Crippen LogP contribution in [0.2, 0.25) is 0 Å². The summed E-state index contributed by atoms with van der Waals surface area (Å²) in [5, 5.41) is 29.5. The molecule has 0 amide bonds. The summed E-state index contributed by atoms with van der Waals surface area (Å²) in [5.74, 6) is 0.847. The van der Waals surface area contributed by atoms with Crippen molar-refractivity contribution in [2.45, 2.75) is 97.4 Å². The lowest BCUT2D eigenvalue weighted by atomic mass is 9.66. The minimum Gasteiger partial charge on any atom is -0.491 e. The molecule has 4 heteroatoms. The zero-order valence-corrected chi connectivity index (χ0v) is 20.9. The van der Waals surface area contributed by atoms with Crippen molar-refractivity contribution < 1.29 is 20.1 Å². The summed E-state index contributed by atoms with van der Waals surface area (Å²) in [6, 6.07) is 12.7. The standard InChI is InChI=1S/C29H42O4/c1-21-16-25(10-11-26(21)33-20-27(32)28(2,3)4)29(13-6-5-7-14-29)15-12-22-8-9-23(18-30)24(17-22)19-31/h8-11,16-17,27,30-32H,5-7,12-15,18-20H2,1-4H3. The first-order chi connectivity index (χ1) is 15.7. The summed E-state index contributed by atoms with van der Waals surface area (Å²) in [5.41, 5.74) is 5.30. The number of rotatable bonds is 9. The molecule has 2 aromatic carbocycles.